The third-order valence-corrected chi connectivity index (χ3v) is 3.67. The van der Waals surface area contributed by atoms with Crippen LogP contribution in [0, 0.1) is 0 Å². The van der Waals surface area contributed by atoms with Gasteiger partial charge in [0, 0.05) is 26.2 Å². The lowest BCUT2D eigenvalue weighted by Crippen LogP contribution is -2.37. The third-order valence-electron chi connectivity index (χ3n) is 2.97. The molecular weight excluding hydrogens is 411 g/mol. The number of aryl methyl sites for hydroxylation is 1. The number of nitrogens with zero attached hydrogens (tertiary/aromatic N) is 4. The predicted molar refractivity (Wildman–Crippen MR) is 106 cm³/mol. The summed E-state index contributed by atoms with van der Waals surface area (Å²) in [5, 5.41) is 14.3. The molecule has 1 heterocycles. The van der Waals surface area contributed by atoms with E-state index in [4.69, 9.17) is 0 Å². The molecular formula is C14H29IN6S. The summed E-state index contributed by atoms with van der Waals surface area (Å²) in [6.45, 7) is 5.81. The van der Waals surface area contributed by atoms with Crippen molar-refractivity contribution >= 4 is 41.7 Å². The van der Waals surface area contributed by atoms with Crippen molar-refractivity contribution in [1.29, 1.82) is 0 Å². The summed E-state index contributed by atoms with van der Waals surface area (Å²) < 4.78 is 2.00. The summed E-state index contributed by atoms with van der Waals surface area (Å²) in [6, 6.07) is 0. The average Bonchev–Trinajstić information content (AvgIpc) is 3.00. The molecule has 1 aromatic heterocycles. The van der Waals surface area contributed by atoms with Gasteiger partial charge in [-0.25, -0.2) is 0 Å². The normalized spacial score (nSPS) is 11.1. The lowest BCUT2D eigenvalue weighted by atomic mass is 10.3. The van der Waals surface area contributed by atoms with Gasteiger partial charge in [0.05, 0.1) is 0 Å². The first-order chi connectivity index (χ1) is 10.4. The minimum atomic E-state index is 0. The topological polar surface area (TPSA) is 67.1 Å². The molecule has 0 bridgehead atoms. The minimum Gasteiger partial charge on any atom is -0.357 e. The lowest BCUT2D eigenvalue weighted by molar-refractivity contribution is 0.597. The Labute approximate surface area is 155 Å². The number of nitrogens with one attached hydrogen (secondary N) is 2. The predicted octanol–water partition coefficient (Wildman–Crippen LogP) is 2.37. The SMILES string of the molecule is CCNC(=NCCCCSC)NCCCCn1cnnc1.I. The quantitative estimate of drug-likeness (QED) is 0.239. The van der Waals surface area contributed by atoms with Crippen LogP contribution in [0.3, 0.4) is 0 Å². The molecule has 22 heavy (non-hydrogen) atoms. The van der Waals surface area contributed by atoms with Crippen LogP contribution >= 0.6 is 35.7 Å². The Morgan fingerprint density at radius 3 is 2.59 bits per heavy atom. The molecule has 2 N–H and O–H groups in total. The average molecular weight is 440 g/mol. The van der Waals surface area contributed by atoms with E-state index < -0.39 is 0 Å². The zero-order chi connectivity index (χ0) is 15.2. The van der Waals surface area contributed by atoms with Gasteiger partial charge in [-0.3, -0.25) is 4.99 Å². The summed E-state index contributed by atoms with van der Waals surface area (Å²) in [5.74, 6) is 2.16. The molecule has 0 radical (unpaired) electrons. The van der Waals surface area contributed by atoms with E-state index in [0.717, 1.165) is 51.4 Å². The molecule has 0 aliphatic heterocycles. The van der Waals surface area contributed by atoms with E-state index in [0.29, 0.717) is 0 Å². The largest absolute Gasteiger partial charge is 0.357 e. The summed E-state index contributed by atoms with van der Waals surface area (Å²) in [5.41, 5.74) is 0. The van der Waals surface area contributed by atoms with Gasteiger partial charge in [0.2, 0.25) is 0 Å². The number of halogens is 1. The molecule has 128 valence electrons. The van der Waals surface area contributed by atoms with E-state index in [1.54, 1.807) is 12.7 Å². The second kappa shape index (κ2) is 15.4. The zero-order valence-corrected chi connectivity index (χ0v) is 16.8. The molecule has 0 unspecified atom stereocenters. The van der Waals surface area contributed by atoms with Crippen molar-refractivity contribution < 1.29 is 0 Å². The van der Waals surface area contributed by atoms with Gasteiger partial charge in [-0.05, 0) is 44.6 Å². The van der Waals surface area contributed by atoms with E-state index in [1.807, 2.05) is 16.3 Å². The number of unbranched alkanes of at least 4 members (excludes halogenated alkanes) is 2. The highest BCUT2D eigenvalue weighted by Crippen LogP contribution is 1.99. The Hall–Kier alpha value is -0.510. The van der Waals surface area contributed by atoms with Crippen molar-refractivity contribution in [3.05, 3.63) is 12.7 Å². The standard InChI is InChI=1S/C14H28N6S.HI/c1-3-15-14(17-9-5-7-11-21-2)16-8-4-6-10-20-12-18-19-13-20;/h12-13H,3-11H2,1-2H3,(H2,15,16,17);1H. The molecule has 6 nitrogen and oxygen atoms in total. The highest BCUT2D eigenvalue weighted by molar-refractivity contribution is 14.0. The van der Waals surface area contributed by atoms with Crippen LogP contribution < -0.4 is 10.6 Å². The molecule has 1 aromatic rings. The Bertz CT molecular complexity index is 371. The van der Waals surface area contributed by atoms with E-state index in [2.05, 4.69) is 39.0 Å². The van der Waals surface area contributed by atoms with E-state index >= 15 is 0 Å². The molecule has 0 atom stereocenters. The molecule has 0 aliphatic carbocycles. The van der Waals surface area contributed by atoms with Crippen molar-refractivity contribution in [3.63, 3.8) is 0 Å². The van der Waals surface area contributed by atoms with Crippen LogP contribution in [0.4, 0.5) is 0 Å². The van der Waals surface area contributed by atoms with Crippen LogP contribution in [0.25, 0.3) is 0 Å². The van der Waals surface area contributed by atoms with Crippen molar-refractivity contribution in [3.8, 4) is 0 Å². The van der Waals surface area contributed by atoms with Crippen molar-refractivity contribution in [2.75, 3.05) is 31.6 Å². The molecule has 0 aliphatic rings. The maximum atomic E-state index is 4.59. The summed E-state index contributed by atoms with van der Waals surface area (Å²) in [7, 11) is 0. The molecule has 0 saturated carbocycles. The molecule has 0 spiro atoms. The summed E-state index contributed by atoms with van der Waals surface area (Å²) in [6.07, 6.45) is 10.3. The van der Waals surface area contributed by atoms with Gasteiger partial charge >= 0.3 is 0 Å². The summed E-state index contributed by atoms with van der Waals surface area (Å²) >= 11 is 1.90. The smallest absolute Gasteiger partial charge is 0.191 e. The lowest BCUT2D eigenvalue weighted by Gasteiger charge is -2.11. The van der Waals surface area contributed by atoms with Crippen LogP contribution in [0.5, 0.6) is 0 Å². The molecule has 8 heteroatoms. The van der Waals surface area contributed by atoms with Gasteiger partial charge in [0.1, 0.15) is 12.7 Å². The Balaban J connectivity index is 0.00000441. The maximum absolute atomic E-state index is 4.59. The first kappa shape index (κ1) is 21.5. The molecule has 1 rings (SSSR count). The second-order valence-electron chi connectivity index (χ2n) is 4.79. The monoisotopic (exact) mass is 440 g/mol. The number of aromatic nitrogens is 3. The highest BCUT2D eigenvalue weighted by Gasteiger charge is 1.97. The van der Waals surface area contributed by atoms with Crippen LogP contribution in [0.15, 0.2) is 17.6 Å². The van der Waals surface area contributed by atoms with Gasteiger partial charge in [0.25, 0.3) is 0 Å². The molecule has 0 amide bonds. The van der Waals surface area contributed by atoms with Crippen LogP contribution in [0.1, 0.15) is 32.6 Å². The van der Waals surface area contributed by atoms with Crippen molar-refractivity contribution in [2.45, 2.75) is 39.2 Å². The molecule has 0 fully saturated rings. The van der Waals surface area contributed by atoms with Gasteiger partial charge in [-0.15, -0.1) is 34.2 Å². The fourth-order valence-electron chi connectivity index (χ4n) is 1.85. The van der Waals surface area contributed by atoms with Crippen molar-refractivity contribution in [1.82, 2.24) is 25.4 Å². The number of rotatable bonds is 11. The highest BCUT2D eigenvalue weighted by atomic mass is 127. The van der Waals surface area contributed by atoms with Gasteiger partial charge in [-0.1, -0.05) is 0 Å². The minimum absolute atomic E-state index is 0. The summed E-state index contributed by atoms with van der Waals surface area (Å²) in [4.78, 5) is 4.59. The number of hydrogen-bond acceptors (Lipinski definition) is 4. The van der Waals surface area contributed by atoms with Crippen molar-refractivity contribution in [2.24, 2.45) is 4.99 Å². The Morgan fingerprint density at radius 2 is 1.91 bits per heavy atom. The van der Waals surface area contributed by atoms with Crippen LogP contribution in [0.2, 0.25) is 0 Å². The van der Waals surface area contributed by atoms with Gasteiger partial charge in [-0.2, -0.15) is 11.8 Å². The molecule has 0 saturated heterocycles. The number of guanidine groups is 1. The van der Waals surface area contributed by atoms with Gasteiger partial charge in [0.15, 0.2) is 5.96 Å². The Morgan fingerprint density at radius 1 is 1.14 bits per heavy atom. The maximum Gasteiger partial charge on any atom is 0.191 e. The number of hydrogen-bond donors (Lipinski definition) is 2. The first-order valence-corrected chi connectivity index (χ1v) is 9.09. The fraction of sp³-hybridized carbons (Fsp3) is 0.786. The van der Waals surface area contributed by atoms with Gasteiger partial charge < -0.3 is 15.2 Å². The van der Waals surface area contributed by atoms with E-state index in [-0.39, 0.29) is 24.0 Å². The Kier molecular flexibility index (Phi) is 15.0. The van der Waals surface area contributed by atoms with Crippen LogP contribution in [-0.2, 0) is 6.54 Å². The zero-order valence-electron chi connectivity index (χ0n) is 13.6. The first-order valence-electron chi connectivity index (χ1n) is 7.70. The number of thioether (sulfide) groups is 1. The van der Waals surface area contributed by atoms with E-state index in [1.165, 1.54) is 12.2 Å². The fourth-order valence-corrected chi connectivity index (χ4v) is 2.35. The third kappa shape index (κ3) is 11.1. The molecule has 0 aromatic carbocycles. The van der Waals surface area contributed by atoms with Crippen LogP contribution in [-0.4, -0.2) is 52.4 Å². The second-order valence-corrected chi connectivity index (χ2v) is 5.78. The number of aliphatic imine (C=N–C) groups is 1. The van der Waals surface area contributed by atoms with E-state index in [9.17, 15) is 0 Å².